The molecule has 13 heavy (non-hydrogen) atoms. The molecule has 0 saturated heterocycles. The third kappa shape index (κ3) is 7.59. The lowest BCUT2D eigenvalue weighted by molar-refractivity contribution is -0.136. The van der Waals surface area contributed by atoms with Crippen LogP contribution in [-0.2, 0) is 11.3 Å². The molecule has 0 spiro atoms. The molecule has 1 aromatic rings. The van der Waals surface area contributed by atoms with Gasteiger partial charge in [0.1, 0.15) is 0 Å². The first-order valence-electron chi connectivity index (χ1n) is 4.09. The Hall–Kier alpha value is -0.770. The molecule has 1 aromatic heterocycles. The van der Waals surface area contributed by atoms with E-state index < -0.39 is 5.97 Å². The Morgan fingerprint density at radius 2 is 1.92 bits per heavy atom. The SMILES string of the molecule is BrCCn1cccc1.CCC(=O)O. The Labute approximate surface area is 86.5 Å². The zero-order valence-corrected chi connectivity index (χ0v) is 9.20. The number of hydrogen-bond donors (Lipinski definition) is 1. The number of rotatable bonds is 3. The van der Waals surface area contributed by atoms with Gasteiger partial charge in [0.05, 0.1) is 0 Å². The number of nitrogens with zero attached hydrogens (tertiary/aromatic N) is 1. The molecule has 0 aromatic carbocycles. The van der Waals surface area contributed by atoms with E-state index in [0.29, 0.717) is 0 Å². The van der Waals surface area contributed by atoms with E-state index in [1.165, 1.54) is 0 Å². The number of carboxylic acids is 1. The third-order valence-electron chi connectivity index (χ3n) is 1.31. The van der Waals surface area contributed by atoms with E-state index in [-0.39, 0.29) is 6.42 Å². The highest BCUT2D eigenvalue weighted by atomic mass is 79.9. The van der Waals surface area contributed by atoms with Crippen molar-refractivity contribution in [2.45, 2.75) is 19.9 Å². The summed E-state index contributed by atoms with van der Waals surface area (Å²) < 4.78 is 2.13. The molecule has 0 unspecified atom stereocenters. The normalized spacial score (nSPS) is 8.77. The molecule has 0 aliphatic rings. The molecule has 3 nitrogen and oxygen atoms in total. The van der Waals surface area contributed by atoms with Crippen molar-refractivity contribution in [2.75, 3.05) is 5.33 Å². The van der Waals surface area contributed by atoms with Gasteiger partial charge in [0.15, 0.2) is 0 Å². The molecular weight excluding hydrogens is 234 g/mol. The summed E-state index contributed by atoms with van der Waals surface area (Å²) in [4.78, 5) is 9.37. The molecule has 0 atom stereocenters. The molecule has 0 amide bonds. The van der Waals surface area contributed by atoms with E-state index in [9.17, 15) is 4.79 Å². The maximum Gasteiger partial charge on any atom is 0.303 e. The third-order valence-corrected chi connectivity index (χ3v) is 1.67. The van der Waals surface area contributed by atoms with Crippen LogP contribution in [0.3, 0.4) is 0 Å². The van der Waals surface area contributed by atoms with Gasteiger partial charge in [0, 0.05) is 30.7 Å². The topological polar surface area (TPSA) is 42.2 Å². The van der Waals surface area contributed by atoms with E-state index in [0.717, 1.165) is 11.9 Å². The Morgan fingerprint density at radius 3 is 2.23 bits per heavy atom. The molecule has 1 rings (SSSR count). The molecule has 0 bridgehead atoms. The summed E-state index contributed by atoms with van der Waals surface area (Å²) in [6.45, 7) is 2.66. The number of aliphatic carboxylic acids is 1. The average molecular weight is 248 g/mol. The van der Waals surface area contributed by atoms with Crippen LogP contribution in [0.5, 0.6) is 0 Å². The molecule has 4 heteroatoms. The van der Waals surface area contributed by atoms with Crippen molar-refractivity contribution in [3.63, 3.8) is 0 Å². The zero-order valence-electron chi connectivity index (χ0n) is 7.61. The van der Waals surface area contributed by atoms with Crippen molar-refractivity contribution >= 4 is 21.9 Å². The largest absolute Gasteiger partial charge is 0.481 e. The van der Waals surface area contributed by atoms with Gasteiger partial charge >= 0.3 is 5.97 Å². The molecule has 0 saturated carbocycles. The predicted molar refractivity (Wildman–Crippen MR) is 56.2 cm³/mol. The molecule has 0 aliphatic heterocycles. The molecule has 0 aliphatic carbocycles. The van der Waals surface area contributed by atoms with Gasteiger partial charge in [0.25, 0.3) is 0 Å². The van der Waals surface area contributed by atoms with Crippen LogP contribution in [0.2, 0.25) is 0 Å². The van der Waals surface area contributed by atoms with Gasteiger partial charge in [-0.25, -0.2) is 0 Å². The second-order valence-corrected chi connectivity index (χ2v) is 3.15. The highest BCUT2D eigenvalue weighted by Crippen LogP contribution is 1.91. The maximum atomic E-state index is 9.37. The van der Waals surface area contributed by atoms with Crippen molar-refractivity contribution < 1.29 is 9.90 Å². The van der Waals surface area contributed by atoms with Crippen LogP contribution >= 0.6 is 15.9 Å². The first kappa shape index (κ1) is 12.2. The van der Waals surface area contributed by atoms with Crippen LogP contribution in [0.25, 0.3) is 0 Å². The van der Waals surface area contributed by atoms with Gasteiger partial charge in [-0.2, -0.15) is 0 Å². The standard InChI is InChI=1S/C6H8BrN.C3H6O2/c7-3-6-8-4-1-2-5-8;1-2-3(4)5/h1-2,4-5H,3,6H2;2H2,1H3,(H,4,5). The van der Waals surface area contributed by atoms with Crippen LogP contribution in [0.1, 0.15) is 13.3 Å². The summed E-state index contributed by atoms with van der Waals surface area (Å²) in [6, 6.07) is 4.06. The summed E-state index contributed by atoms with van der Waals surface area (Å²) in [5.74, 6) is -0.745. The molecule has 0 radical (unpaired) electrons. The van der Waals surface area contributed by atoms with E-state index in [1.807, 2.05) is 12.1 Å². The number of aryl methyl sites for hydroxylation is 1. The number of hydrogen-bond acceptors (Lipinski definition) is 1. The number of carboxylic acid groups (broad SMARTS) is 1. The van der Waals surface area contributed by atoms with Crippen molar-refractivity contribution in [3.8, 4) is 0 Å². The molecular formula is C9H14BrNO2. The Morgan fingerprint density at radius 1 is 1.46 bits per heavy atom. The fraction of sp³-hybridized carbons (Fsp3) is 0.444. The van der Waals surface area contributed by atoms with Crippen LogP contribution in [0, 0.1) is 0 Å². The lowest BCUT2D eigenvalue weighted by Crippen LogP contribution is -1.92. The Balaban J connectivity index is 0.000000252. The van der Waals surface area contributed by atoms with Crippen LogP contribution in [0.4, 0.5) is 0 Å². The lowest BCUT2D eigenvalue weighted by Gasteiger charge is -1.93. The minimum absolute atomic E-state index is 0.222. The second kappa shape index (κ2) is 7.86. The van der Waals surface area contributed by atoms with Gasteiger partial charge in [-0.15, -0.1) is 0 Å². The summed E-state index contributed by atoms with van der Waals surface area (Å²) in [5, 5.41) is 8.75. The van der Waals surface area contributed by atoms with E-state index in [2.05, 4.69) is 32.9 Å². The minimum atomic E-state index is -0.745. The van der Waals surface area contributed by atoms with Crippen LogP contribution < -0.4 is 0 Å². The molecule has 0 fully saturated rings. The smallest absolute Gasteiger partial charge is 0.303 e. The van der Waals surface area contributed by atoms with Gasteiger partial charge in [0.2, 0.25) is 0 Å². The predicted octanol–water partition coefficient (Wildman–Crippen LogP) is 2.36. The number of halogens is 1. The monoisotopic (exact) mass is 247 g/mol. The number of aromatic nitrogens is 1. The summed E-state index contributed by atoms with van der Waals surface area (Å²) in [5.41, 5.74) is 0. The molecule has 74 valence electrons. The van der Waals surface area contributed by atoms with Crippen LogP contribution in [0.15, 0.2) is 24.5 Å². The van der Waals surface area contributed by atoms with E-state index in [1.54, 1.807) is 6.92 Å². The van der Waals surface area contributed by atoms with Gasteiger partial charge in [-0.05, 0) is 12.1 Å². The lowest BCUT2D eigenvalue weighted by atomic mass is 10.5. The fourth-order valence-electron chi connectivity index (χ4n) is 0.617. The molecule has 1 N–H and O–H groups in total. The summed E-state index contributed by atoms with van der Waals surface area (Å²) >= 11 is 3.35. The number of alkyl halides is 1. The zero-order chi connectivity index (χ0) is 10.1. The first-order chi connectivity index (χ1) is 6.20. The average Bonchev–Trinajstić information content (AvgIpc) is 2.59. The maximum absolute atomic E-state index is 9.37. The first-order valence-corrected chi connectivity index (χ1v) is 5.21. The Bertz CT molecular complexity index is 222. The van der Waals surface area contributed by atoms with Gasteiger partial charge in [-0.1, -0.05) is 22.9 Å². The van der Waals surface area contributed by atoms with Gasteiger partial charge < -0.3 is 9.67 Å². The van der Waals surface area contributed by atoms with Gasteiger partial charge in [-0.3, -0.25) is 4.79 Å². The van der Waals surface area contributed by atoms with Crippen molar-refractivity contribution in [1.82, 2.24) is 4.57 Å². The van der Waals surface area contributed by atoms with Crippen molar-refractivity contribution in [3.05, 3.63) is 24.5 Å². The van der Waals surface area contributed by atoms with E-state index >= 15 is 0 Å². The van der Waals surface area contributed by atoms with Crippen molar-refractivity contribution in [2.24, 2.45) is 0 Å². The van der Waals surface area contributed by atoms with E-state index in [4.69, 9.17) is 5.11 Å². The highest BCUT2D eigenvalue weighted by Gasteiger charge is 1.82. The Kier molecular flexibility index (Phi) is 7.39. The summed E-state index contributed by atoms with van der Waals surface area (Å²) in [7, 11) is 0. The minimum Gasteiger partial charge on any atom is -0.481 e. The summed E-state index contributed by atoms with van der Waals surface area (Å²) in [6.07, 6.45) is 4.34. The second-order valence-electron chi connectivity index (χ2n) is 2.36. The molecule has 1 heterocycles. The van der Waals surface area contributed by atoms with Crippen molar-refractivity contribution in [1.29, 1.82) is 0 Å². The quantitative estimate of drug-likeness (QED) is 0.834. The fourth-order valence-corrected chi connectivity index (χ4v) is 1.03. The van der Waals surface area contributed by atoms with Crippen LogP contribution in [-0.4, -0.2) is 21.0 Å². The number of carbonyl (C=O) groups is 1. The highest BCUT2D eigenvalue weighted by molar-refractivity contribution is 9.09.